The lowest BCUT2D eigenvalue weighted by atomic mass is 9.75. The zero-order chi connectivity index (χ0) is 14.7. The highest BCUT2D eigenvalue weighted by Gasteiger charge is 2.44. The van der Waals surface area contributed by atoms with E-state index in [0.29, 0.717) is 12.0 Å². The minimum atomic E-state index is -2.20. The molecule has 0 radical (unpaired) electrons. The normalized spacial score (nSPS) is 31.9. The summed E-state index contributed by atoms with van der Waals surface area (Å²) in [5.41, 5.74) is 0.0276. The molecule has 1 aliphatic heterocycles. The molecule has 3 rings (SSSR count). The number of hydrogen-bond acceptors (Lipinski definition) is 2. The minimum Gasteiger partial charge on any atom is -0.311 e. The molecule has 21 heavy (non-hydrogen) atoms. The van der Waals surface area contributed by atoms with Crippen LogP contribution >= 0.6 is 0 Å². The van der Waals surface area contributed by atoms with Crippen LogP contribution in [0.1, 0.15) is 64.2 Å². The van der Waals surface area contributed by atoms with E-state index in [-0.39, 0.29) is 12.1 Å². The molecule has 1 atom stereocenters. The second-order valence-electron chi connectivity index (χ2n) is 7.47. The number of piperazine rings is 1. The molecule has 1 spiro atoms. The lowest BCUT2D eigenvalue weighted by molar-refractivity contribution is -0.0381. The fourth-order valence-corrected chi connectivity index (χ4v) is 4.92. The van der Waals surface area contributed by atoms with Gasteiger partial charge in [0.2, 0.25) is 0 Å². The van der Waals surface area contributed by atoms with Crippen molar-refractivity contribution in [1.29, 1.82) is 0 Å². The molecule has 1 unspecified atom stereocenters. The molecule has 1 N–H and O–H groups in total. The Hall–Kier alpha value is -0.220. The van der Waals surface area contributed by atoms with Gasteiger partial charge >= 0.3 is 0 Å². The van der Waals surface area contributed by atoms with Crippen molar-refractivity contribution in [3.8, 4) is 0 Å². The summed E-state index contributed by atoms with van der Waals surface area (Å²) in [7, 11) is 0. The van der Waals surface area contributed by atoms with Gasteiger partial charge < -0.3 is 5.32 Å². The standard InChI is InChI=1S/C17H30F2N2/c18-16(19)12-21-11-15(14-7-3-1-4-8-14)20-13-17(21)9-5-2-6-10-17/h14-16,20H,1-13H2. The fraction of sp³-hybridized carbons (Fsp3) is 1.00. The highest BCUT2D eigenvalue weighted by atomic mass is 19.3. The predicted octanol–water partition coefficient (Wildman–Crippen LogP) is 3.81. The van der Waals surface area contributed by atoms with E-state index < -0.39 is 6.43 Å². The van der Waals surface area contributed by atoms with Crippen LogP contribution in [0.4, 0.5) is 8.78 Å². The van der Waals surface area contributed by atoms with Crippen LogP contribution in [0.2, 0.25) is 0 Å². The van der Waals surface area contributed by atoms with Gasteiger partial charge in [-0.15, -0.1) is 0 Å². The summed E-state index contributed by atoms with van der Waals surface area (Å²) in [5, 5.41) is 3.77. The van der Waals surface area contributed by atoms with Crippen LogP contribution in [-0.4, -0.2) is 42.5 Å². The highest BCUT2D eigenvalue weighted by Crippen LogP contribution is 2.38. The third kappa shape index (κ3) is 3.58. The molecular weight excluding hydrogens is 270 g/mol. The van der Waals surface area contributed by atoms with E-state index in [1.165, 1.54) is 51.4 Å². The summed E-state index contributed by atoms with van der Waals surface area (Å²) in [6.45, 7) is 1.75. The first-order valence-electron chi connectivity index (χ1n) is 8.96. The molecule has 0 aromatic carbocycles. The summed E-state index contributed by atoms with van der Waals surface area (Å²) in [4.78, 5) is 2.17. The van der Waals surface area contributed by atoms with Gasteiger partial charge in [-0.25, -0.2) is 8.78 Å². The lowest BCUT2D eigenvalue weighted by Crippen LogP contribution is -2.67. The number of alkyl halides is 2. The van der Waals surface area contributed by atoms with Crippen molar-refractivity contribution in [3.63, 3.8) is 0 Å². The molecule has 2 saturated carbocycles. The topological polar surface area (TPSA) is 15.3 Å². The highest BCUT2D eigenvalue weighted by molar-refractivity contribution is 5.02. The molecule has 0 bridgehead atoms. The van der Waals surface area contributed by atoms with Crippen molar-refractivity contribution in [3.05, 3.63) is 0 Å². The SMILES string of the molecule is FC(F)CN1CC(C2CCCCC2)NCC12CCCCC2. The maximum atomic E-state index is 13.1. The van der Waals surface area contributed by atoms with Gasteiger partial charge in [0.1, 0.15) is 0 Å². The fourth-order valence-electron chi connectivity index (χ4n) is 4.92. The average molecular weight is 300 g/mol. The molecule has 4 heteroatoms. The van der Waals surface area contributed by atoms with Gasteiger partial charge in [-0.3, -0.25) is 4.90 Å². The molecule has 2 nitrogen and oxygen atoms in total. The monoisotopic (exact) mass is 300 g/mol. The van der Waals surface area contributed by atoms with Crippen LogP contribution in [0.3, 0.4) is 0 Å². The molecule has 2 aliphatic carbocycles. The van der Waals surface area contributed by atoms with Crippen molar-refractivity contribution in [1.82, 2.24) is 10.2 Å². The third-order valence-electron chi connectivity index (χ3n) is 6.14. The van der Waals surface area contributed by atoms with Crippen LogP contribution < -0.4 is 5.32 Å². The lowest BCUT2D eigenvalue weighted by Gasteiger charge is -2.53. The first kappa shape index (κ1) is 15.7. The van der Waals surface area contributed by atoms with Gasteiger partial charge in [0.05, 0.1) is 6.54 Å². The number of nitrogens with zero attached hydrogens (tertiary/aromatic N) is 1. The molecule has 3 aliphatic rings. The summed E-state index contributed by atoms with van der Waals surface area (Å²) >= 11 is 0. The van der Waals surface area contributed by atoms with Crippen LogP contribution in [0, 0.1) is 5.92 Å². The quantitative estimate of drug-likeness (QED) is 0.852. The van der Waals surface area contributed by atoms with E-state index >= 15 is 0 Å². The third-order valence-corrected chi connectivity index (χ3v) is 6.14. The maximum absolute atomic E-state index is 13.1. The number of nitrogens with one attached hydrogen (secondary N) is 1. The second-order valence-corrected chi connectivity index (χ2v) is 7.47. The maximum Gasteiger partial charge on any atom is 0.251 e. The smallest absolute Gasteiger partial charge is 0.251 e. The molecule has 1 saturated heterocycles. The van der Waals surface area contributed by atoms with Crippen molar-refractivity contribution in [2.45, 2.75) is 82.2 Å². The molecule has 122 valence electrons. The Bertz CT molecular complexity index is 323. The summed E-state index contributed by atoms with van der Waals surface area (Å²) in [6, 6.07) is 0.441. The number of halogens is 2. The summed E-state index contributed by atoms with van der Waals surface area (Å²) < 4.78 is 26.1. The van der Waals surface area contributed by atoms with Gasteiger partial charge in [-0.05, 0) is 31.6 Å². The van der Waals surface area contributed by atoms with Crippen molar-refractivity contribution in [2.75, 3.05) is 19.6 Å². The molecule has 3 fully saturated rings. The zero-order valence-corrected chi connectivity index (χ0v) is 13.1. The van der Waals surface area contributed by atoms with E-state index in [2.05, 4.69) is 10.2 Å². The van der Waals surface area contributed by atoms with Gasteiger partial charge in [0.15, 0.2) is 0 Å². The predicted molar refractivity (Wildman–Crippen MR) is 81.8 cm³/mol. The molecule has 0 amide bonds. The minimum absolute atomic E-state index is 0.0229. The largest absolute Gasteiger partial charge is 0.311 e. The Morgan fingerprint density at radius 2 is 1.67 bits per heavy atom. The Labute approximate surface area is 127 Å². The van der Waals surface area contributed by atoms with Gasteiger partial charge in [0, 0.05) is 24.7 Å². The van der Waals surface area contributed by atoms with Gasteiger partial charge in [-0.1, -0.05) is 38.5 Å². The average Bonchev–Trinajstić information content (AvgIpc) is 2.51. The van der Waals surface area contributed by atoms with E-state index in [0.717, 1.165) is 25.9 Å². The van der Waals surface area contributed by atoms with E-state index in [4.69, 9.17) is 0 Å². The van der Waals surface area contributed by atoms with E-state index in [9.17, 15) is 8.78 Å². The van der Waals surface area contributed by atoms with Crippen molar-refractivity contribution < 1.29 is 8.78 Å². The summed E-state index contributed by atoms with van der Waals surface area (Å²) in [6.07, 6.45) is 10.3. The molecular formula is C17H30F2N2. The van der Waals surface area contributed by atoms with Crippen molar-refractivity contribution in [2.24, 2.45) is 5.92 Å². The Morgan fingerprint density at radius 1 is 1.00 bits per heavy atom. The second kappa shape index (κ2) is 6.91. The van der Waals surface area contributed by atoms with Crippen LogP contribution in [0.15, 0.2) is 0 Å². The number of rotatable bonds is 3. The Kier molecular flexibility index (Phi) is 5.15. The van der Waals surface area contributed by atoms with Crippen LogP contribution in [-0.2, 0) is 0 Å². The Morgan fingerprint density at radius 3 is 2.33 bits per heavy atom. The zero-order valence-electron chi connectivity index (χ0n) is 13.1. The molecule has 0 aromatic rings. The van der Waals surface area contributed by atoms with Crippen molar-refractivity contribution >= 4 is 0 Å². The van der Waals surface area contributed by atoms with E-state index in [1.54, 1.807) is 0 Å². The van der Waals surface area contributed by atoms with Gasteiger partial charge in [-0.2, -0.15) is 0 Å². The summed E-state index contributed by atoms with van der Waals surface area (Å²) in [5.74, 6) is 0.708. The van der Waals surface area contributed by atoms with Crippen LogP contribution in [0.5, 0.6) is 0 Å². The Balaban J connectivity index is 1.67. The first-order valence-corrected chi connectivity index (χ1v) is 8.96. The molecule has 0 aromatic heterocycles. The number of hydrogen-bond donors (Lipinski definition) is 1. The van der Waals surface area contributed by atoms with Gasteiger partial charge in [0.25, 0.3) is 6.43 Å². The first-order chi connectivity index (χ1) is 10.2. The van der Waals surface area contributed by atoms with Crippen LogP contribution in [0.25, 0.3) is 0 Å². The molecule has 1 heterocycles. The van der Waals surface area contributed by atoms with E-state index in [1.807, 2.05) is 0 Å².